The van der Waals surface area contributed by atoms with Crippen LogP contribution < -0.4 is 10.0 Å². The Labute approximate surface area is 149 Å². The summed E-state index contributed by atoms with van der Waals surface area (Å²) in [6.07, 6.45) is 0. The number of nitrogens with one attached hydrogen (secondary N) is 2. The maximum atomic E-state index is 12.5. The number of hydrogen-bond donors (Lipinski definition) is 2. The molecule has 0 fully saturated rings. The smallest absolute Gasteiger partial charge is 0.261 e. The summed E-state index contributed by atoms with van der Waals surface area (Å²) in [5.41, 5.74) is 2.07. The van der Waals surface area contributed by atoms with Crippen molar-refractivity contribution in [3.8, 4) is 0 Å². The summed E-state index contributed by atoms with van der Waals surface area (Å²) in [4.78, 5) is 12.0. The number of benzene rings is 2. The molecule has 0 aliphatic carbocycles. The number of anilines is 1. The van der Waals surface area contributed by atoms with E-state index in [2.05, 4.69) is 23.9 Å². The molecule has 25 heavy (non-hydrogen) atoms. The molecule has 5 nitrogen and oxygen atoms in total. The van der Waals surface area contributed by atoms with Gasteiger partial charge in [0.2, 0.25) is 0 Å². The van der Waals surface area contributed by atoms with Crippen LogP contribution in [0.2, 0.25) is 0 Å². The summed E-state index contributed by atoms with van der Waals surface area (Å²) in [6, 6.07) is 13.2. The molecule has 2 N–H and O–H groups in total. The molecule has 0 saturated carbocycles. The van der Waals surface area contributed by atoms with Gasteiger partial charge in [0.15, 0.2) is 0 Å². The van der Waals surface area contributed by atoms with E-state index in [4.69, 9.17) is 0 Å². The number of amides is 1. The predicted molar refractivity (Wildman–Crippen MR) is 100 cm³/mol. The van der Waals surface area contributed by atoms with Crippen molar-refractivity contribution < 1.29 is 13.2 Å². The van der Waals surface area contributed by atoms with Gasteiger partial charge < -0.3 is 5.32 Å². The van der Waals surface area contributed by atoms with Crippen LogP contribution >= 0.6 is 0 Å². The highest BCUT2D eigenvalue weighted by atomic mass is 32.2. The Hall–Kier alpha value is -2.34. The van der Waals surface area contributed by atoms with E-state index in [0.29, 0.717) is 17.2 Å². The lowest BCUT2D eigenvalue weighted by Gasteiger charge is -2.11. The van der Waals surface area contributed by atoms with Crippen LogP contribution in [0.25, 0.3) is 0 Å². The van der Waals surface area contributed by atoms with Gasteiger partial charge in [-0.05, 0) is 61.7 Å². The Morgan fingerprint density at radius 3 is 1.92 bits per heavy atom. The average Bonchev–Trinajstić information content (AvgIpc) is 2.54. The first-order valence-electron chi connectivity index (χ1n) is 8.23. The molecule has 6 heteroatoms. The molecule has 0 atom stereocenters. The van der Waals surface area contributed by atoms with Crippen molar-refractivity contribution in [1.82, 2.24) is 5.32 Å². The van der Waals surface area contributed by atoms with Crippen LogP contribution in [0.15, 0.2) is 53.4 Å². The molecule has 0 radical (unpaired) electrons. The molecule has 0 aliphatic heterocycles. The zero-order valence-corrected chi connectivity index (χ0v) is 15.7. The number of carbonyl (C=O) groups is 1. The van der Waals surface area contributed by atoms with Gasteiger partial charge in [-0.25, -0.2) is 8.42 Å². The summed E-state index contributed by atoms with van der Waals surface area (Å²) < 4.78 is 27.5. The number of sulfonamides is 1. The maximum Gasteiger partial charge on any atom is 0.261 e. The number of hydrogen-bond acceptors (Lipinski definition) is 3. The largest absolute Gasteiger partial charge is 0.350 e. The predicted octanol–water partition coefficient (Wildman–Crippen LogP) is 3.75. The molecular formula is C19H24N2O3S. The van der Waals surface area contributed by atoms with Crippen molar-refractivity contribution in [3.05, 3.63) is 59.7 Å². The van der Waals surface area contributed by atoms with Crippen LogP contribution in [0.1, 0.15) is 49.5 Å². The molecular weight excluding hydrogens is 336 g/mol. The molecule has 2 aromatic rings. The van der Waals surface area contributed by atoms with Gasteiger partial charge in [-0.1, -0.05) is 26.0 Å². The lowest BCUT2D eigenvalue weighted by Crippen LogP contribution is -2.30. The summed E-state index contributed by atoms with van der Waals surface area (Å²) in [6.45, 7) is 7.89. The fourth-order valence-electron chi connectivity index (χ4n) is 2.28. The molecule has 2 rings (SSSR count). The number of carbonyl (C=O) groups excluding carboxylic acids is 1. The fourth-order valence-corrected chi connectivity index (χ4v) is 3.34. The van der Waals surface area contributed by atoms with Crippen molar-refractivity contribution in [2.45, 2.75) is 44.6 Å². The molecule has 0 aliphatic rings. The van der Waals surface area contributed by atoms with E-state index < -0.39 is 10.0 Å². The molecule has 0 spiro atoms. The molecule has 0 bridgehead atoms. The lowest BCUT2D eigenvalue weighted by atomic mass is 10.0. The second kappa shape index (κ2) is 7.70. The molecule has 134 valence electrons. The quantitative estimate of drug-likeness (QED) is 0.824. The normalized spacial score (nSPS) is 11.6. The Bertz CT molecular complexity index is 824. The lowest BCUT2D eigenvalue weighted by molar-refractivity contribution is 0.0943. The van der Waals surface area contributed by atoms with Crippen molar-refractivity contribution in [1.29, 1.82) is 0 Å². The third-order valence-electron chi connectivity index (χ3n) is 3.68. The van der Waals surface area contributed by atoms with E-state index in [1.54, 1.807) is 12.1 Å². The van der Waals surface area contributed by atoms with Crippen molar-refractivity contribution in [2.24, 2.45) is 0 Å². The monoisotopic (exact) mass is 360 g/mol. The Morgan fingerprint density at radius 1 is 0.880 bits per heavy atom. The standard InChI is InChI=1S/C19H24N2O3S/c1-13(2)15-5-9-17(10-6-15)21-25(23,24)18-11-7-16(8-12-18)19(22)20-14(3)4/h5-14,21H,1-4H3,(H,20,22). The van der Waals surface area contributed by atoms with E-state index in [1.807, 2.05) is 26.0 Å². The highest BCUT2D eigenvalue weighted by molar-refractivity contribution is 7.92. The van der Waals surface area contributed by atoms with Crippen LogP contribution in [-0.2, 0) is 10.0 Å². The minimum absolute atomic E-state index is 0.0198. The molecule has 0 heterocycles. The van der Waals surface area contributed by atoms with Crippen LogP contribution in [0, 0.1) is 0 Å². The van der Waals surface area contributed by atoms with Gasteiger partial charge in [-0.3, -0.25) is 9.52 Å². The third kappa shape index (κ3) is 5.06. The van der Waals surface area contributed by atoms with Crippen LogP contribution in [0.5, 0.6) is 0 Å². The minimum Gasteiger partial charge on any atom is -0.350 e. The Balaban J connectivity index is 2.15. The van der Waals surface area contributed by atoms with Gasteiger partial charge in [-0.2, -0.15) is 0 Å². The van der Waals surface area contributed by atoms with E-state index in [-0.39, 0.29) is 16.8 Å². The SMILES string of the molecule is CC(C)NC(=O)c1ccc(S(=O)(=O)Nc2ccc(C(C)C)cc2)cc1. The topological polar surface area (TPSA) is 75.3 Å². The summed E-state index contributed by atoms with van der Waals surface area (Å²) in [5, 5.41) is 2.77. The highest BCUT2D eigenvalue weighted by Crippen LogP contribution is 2.20. The van der Waals surface area contributed by atoms with E-state index in [0.717, 1.165) is 5.56 Å². The fraction of sp³-hybridized carbons (Fsp3) is 0.316. The minimum atomic E-state index is -3.69. The van der Waals surface area contributed by atoms with Gasteiger partial charge in [0, 0.05) is 17.3 Å². The van der Waals surface area contributed by atoms with E-state index >= 15 is 0 Å². The van der Waals surface area contributed by atoms with Crippen LogP contribution in [0.4, 0.5) is 5.69 Å². The molecule has 0 aromatic heterocycles. The Morgan fingerprint density at radius 2 is 1.44 bits per heavy atom. The molecule has 1 amide bonds. The molecule has 2 aromatic carbocycles. The molecule has 0 saturated heterocycles. The Kier molecular flexibility index (Phi) is 5.85. The second-order valence-corrected chi connectivity index (χ2v) is 8.22. The average molecular weight is 360 g/mol. The van der Waals surface area contributed by atoms with Gasteiger partial charge in [0.05, 0.1) is 4.90 Å². The zero-order chi connectivity index (χ0) is 18.6. The van der Waals surface area contributed by atoms with Crippen molar-refractivity contribution >= 4 is 21.6 Å². The van der Waals surface area contributed by atoms with Gasteiger partial charge >= 0.3 is 0 Å². The summed E-state index contributed by atoms with van der Waals surface area (Å²) >= 11 is 0. The third-order valence-corrected chi connectivity index (χ3v) is 5.07. The van der Waals surface area contributed by atoms with Crippen LogP contribution in [0.3, 0.4) is 0 Å². The van der Waals surface area contributed by atoms with Crippen molar-refractivity contribution in [2.75, 3.05) is 4.72 Å². The van der Waals surface area contributed by atoms with Gasteiger partial charge in [0.25, 0.3) is 15.9 Å². The van der Waals surface area contributed by atoms with E-state index in [9.17, 15) is 13.2 Å². The molecule has 0 unspecified atom stereocenters. The first kappa shape index (κ1) is 19.0. The summed E-state index contributed by atoms with van der Waals surface area (Å²) in [7, 11) is -3.69. The number of rotatable bonds is 6. The van der Waals surface area contributed by atoms with E-state index in [1.165, 1.54) is 24.3 Å². The first-order valence-corrected chi connectivity index (χ1v) is 9.71. The van der Waals surface area contributed by atoms with Crippen molar-refractivity contribution in [3.63, 3.8) is 0 Å². The first-order chi connectivity index (χ1) is 11.7. The summed E-state index contributed by atoms with van der Waals surface area (Å²) in [5.74, 6) is 0.159. The van der Waals surface area contributed by atoms with Gasteiger partial charge in [0.1, 0.15) is 0 Å². The zero-order valence-electron chi connectivity index (χ0n) is 14.9. The van der Waals surface area contributed by atoms with Crippen LogP contribution in [-0.4, -0.2) is 20.4 Å². The highest BCUT2D eigenvalue weighted by Gasteiger charge is 2.15. The maximum absolute atomic E-state index is 12.5. The second-order valence-electron chi connectivity index (χ2n) is 6.53. The van der Waals surface area contributed by atoms with Gasteiger partial charge in [-0.15, -0.1) is 0 Å².